The average molecular weight is 348 g/mol. The minimum Gasteiger partial charge on any atom is -0.352 e. The van der Waals surface area contributed by atoms with Crippen molar-refractivity contribution in [2.75, 3.05) is 0 Å². The molecule has 0 saturated heterocycles. The second-order valence-electron chi connectivity index (χ2n) is 5.67. The van der Waals surface area contributed by atoms with Crippen molar-refractivity contribution in [1.29, 1.82) is 0 Å². The number of nitrogens with one attached hydrogen (secondary N) is 1. The summed E-state index contributed by atoms with van der Waals surface area (Å²) >= 11 is 0. The molecule has 0 unspecified atom stereocenters. The number of fused-ring (bicyclic) bond motifs is 1. The molecule has 130 valence electrons. The SMILES string of the molecule is CC(C)NC(=O)Cn1cnc2c(nnn2-c2ccc(F)cc2F)c1=O. The number of benzene rings is 1. The predicted octanol–water partition coefficient (Wildman–Crippen LogP) is 0.780. The lowest BCUT2D eigenvalue weighted by atomic mass is 10.3. The Hall–Kier alpha value is -3.17. The highest BCUT2D eigenvalue weighted by Crippen LogP contribution is 2.16. The fourth-order valence-electron chi connectivity index (χ4n) is 2.29. The summed E-state index contributed by atoms with van der Waals surface area (Å²) in [5.74, 6) is -1.96. The normalized spacial score (nSPS) is 11.2. The first kappa shape index (κ1) is 16.7. The molecule has 3 rings (SSSR count). The fraction of sp³-hybridized carbons (Fsp3) is 0.267. The van der Waals surface area contributed by atoms with Crippen LogP contribution in [0.3, 0.4) is 0 Å². The summed E-state index contributed by atoms with van der Waals surface area (Å²) in [6, 6.07) is 2.86. The lowest BCUT2D eigenvalue weighted by molar-refractivity contribution is -0.122. The highest BCUT2D eigenvalue weighted by atomic mass is 19.1. The molecule has 25 heavy (non-hydrogen) atoms. The fourth-order valence-corrected chi connectivity index (χ4v) is 2.29. The Kier molecular flexibility index (Phi) is 4.26. The Balaban J connectivity index is 2.02. The first-order valence-electron chi connectivity index (χ1n) is 7.42. The van der Waals surface area contributed by atoms with E-state index in [4.69, 9.17) is 0 Å². The van der Waals surface area contributed by atoms with E-state index in [9.17, 15) is 18.4 Å². The maximum atomic E-state index is 13.9. The van der Waals surface area contributed by atoms with Crippen LogP contribution in [0.25, 0.3) is 16.9 Å². The first-order chi connectivity index (χ1) is 11.9. The second kappa shape index (κ2) is 6.38. The van der Waals surface area contributed by atoms with Crippen molar-refractivity contribution < 1.29 is 13.6 Å². The molecule has 1 N–H and O–H groups in total. The molecule has 0 bridgehead atoms. The molecule has 1 amide bonds. The highest BCUT2D eigenvalue weighted by Gasteiger charge is 2.17. The molecule has 1 aromatic carbocycles. The molecule has 8 nitrogen and oxygen atoms in total. The number of amides is 1. The molecule has 0 aliphatic carbocycles. The van der Waals surface area contributed by atoms with Crippen molar-refractivity contribution in [3.63, 3.8) is 0 Å². The van der Waals surface area contributed by atoms with Crippen molar-refractivity contribution in [3.8, 4) is 5.69 Å². The van der Waals surface area contributed by atoms with Gasteiger partial charge in [-0.25, -0.2) is 13.8 Å². The molecule has 0 fully saturated rings. The van der Waals surface area contributed by atoms with E-state index in [2.05, 4.69) is 20.6 Å². The summed E-state index contributed by atoms with van der Waals surface area (Å²) < 4.78 is 29.0. The molecule has 0 radical (unpaired) electrons. The van der Waals surface area contributed by atoms with Crippen molar-refractivity contribution >= 4 is 17.1 Å². The highest BCUT2D eigenvalue weighted by molar-refractivity contribution is 5.76. The average Bonchev–Trinajstić information content (AvgIpc) is 2.94. The molecule has 0 aliphatic rings. The number of hydrogen-bond donors (Lipinski definition) is 1. The molecule has 2 heterocycles. The second-order valence-corrected chi connectivity index (χ2v) is 5.67. The Morgan fingerprint density at radius 1 is 1.32 bits per heavy atom. The van der Waals surface area contributed by atoms with Crippen LogP contribution in [-0.2, 0) is 11.3 Å². The summed E-state index contributed by atoms with van der Waals surface area (Å²) in [7, 11) is 0. The summed E-state index contributed by atoms with van der Waals surface area (Å²) in [6.07, 6.45) is 1.16. The summed E-state index contributed by atoms with van der Waals surface area (Å²) in [5.41, 5.74) is -0.789. The summed E-state index contributed by atoms with van der Waals surface area (Å²) in [4.78, 5) is 28.2. The summed E-state index contributed by atoms with van der Waals surface area (Å²) in [6.45, 7) is 3.37. The van der Waals surface area contributed by atoms with Gasteiger partial charge >= 0.3 is 0 Å². The Morgan fingerprint density at radius 2 is 2.08 bits per heavy atom. The topological polar surface area (TPSA) is 94.7 Å². The van der Waals surface area contributed by atoms with E-state index < -0.39 is 17.2 Å². The van der Waals surface area contributed by atoms with Crippen molar-refractivity contribution in [1.82, 2.24) is 29.9 Å². The van der Waals surface area contributed by atoms with Crippen LogP contribution in [0, 0.1) is 11.6 Å². The van der Waals surface area contributed by atoms with E-state index in [1.165, 1.54) is 6.07 Å². The first-order valence-corrected chi connectivity index (χ1v) is 7.42. The number of nitrogens with zero attached hydrogens (tertiary/aromatic N) is 5. The van der Waals surface area contributed by atoms with Gasteiger partial charge in [-0.15, -0.1) is 5.10 Å². The van der Waals surface area contributed by atoms with E-state index in [1.54, 1.807) is 13.8 Å². The quantitative estimate of drug-likeness (QED) is 0.752. The van der Waals surface area contributed by atoms with E-state index in [1.807, 2.05) is 0 Å². The third-order valence-electron chi connectivity index (χ3n) is 3.33. The van der Waals surface area contributed by atoms with Gasteiger partial charge in [-0.1, -0.05) is 5.21 Å². The van der Waals surface area contributed by atoms with Gasteiger partial charge in [0, 0.05) is 12.1 Å². The molecule has 0 saturated carbocycles. The molecule has 2 aromatic heterocycles. The molecule has 0 atom stereocenters. The zero-order valence-electron chi connectivity index (χ0n) is 13.4. The zero-order chi connectivity index (χ0) is 18.1. The van der Waals surface area contributed by atoms with Gasteiger partial charge in [0.2, 0.25) is 5.91 Å². The number of rotatable bonds is 4. The Bertz CT molecular complexity index is 1010. The van der Waals surface area contributed by atoms with E-state index >= 15 is 0 Å². The van der Waals surface area contributed by atoms with Gasteiger partial charge in [-0.3, -0.25) is 14.2 Å². The maximum absolute atomic E-state index is 13.9. The molecule has 3 aromatic rings. The Labute approximate surface area is 140 Å². The van der Waals surface area contributed by atoms with Gasteiger partial charge in [0.25, 0.3) is 5.56 Å². The van der Waals surface area contributed by atoms with Crippen LogP contribution in [0.15, 0.2) is 29.3 Å². The standard InChI is InChI=1S/C15H14F2N6O2/c1-8(2)19-12(24)6-22-7-18-14-13(15(22)25)20-21-23(14)11-4-3-9(16)5-10(11)17/h3-5,7-8H,6H2,1-2H3,(H,19,24). The van der Waals surface area contributed by atoms with Crippen LogP contribution in [0.4, 0.5) is 8.78 Å². The van der Waals surface area contributed by atoms with E-state index in [0.717, 1.165) is 21.6 Å². The van der Waals surface area contributed by atoms with E-state index in [0.29, 0.717) is 6.07 Å². The van der Waals surface area contributed by atoms with Gasteiger partial charge in [0.1, 0.15) is 24.4 Å². The minimum atomic E-state index is -0.867. The lowest BCUT2D eigenvalue weighted by Crippen LogP contribution is -2.36. The van der Waals surface area contributed by atoms with Gasteiger partial charge in [0.15, 0.2) is 17.0 Å². The van der Waals surface area contributed by atoms with Crippen LogP contribution in [0.1, 0.15) is 13.8 Å². The molecule has 0 spiro atoms. The van der Waals surface area contributed by atoms with Crippen molar-refractivity contribution in [2.45, 2.75) is 26.4 Å². The third kappa shape index (κ3) is 3.23. The lowest BCUT2D eigenvalue weighted by Gasteiger charge is -2.09. The maximum Gasteiger partial charge on any atom is 0.284 e. The van der Waals surface area contributed by atoms with Crippen molar-refractivity contribution in [3.05, 3.63) is 46.5 Å². The number of halogens is 2. The van der Waals surface area contributed by atoms with Crippen LogP contribution in [0.2, 0.25) is 0 Å². The van der Waals surface area contributed by atoms with Gasteiger partial charge in [-0.05, 0) is 26.0 Å². The molecule has 10 heteroatoms. The number of carbonyl (C=O) groups excluding carboxylic acids is 1. The van der Waals surface area contributed by atoms with Crippen LogP contribution >= 0.6 is 0 Å². The van der Waals surface area contributed by atoms with E-state index in [-0.39, 0.29) is 35.3 Å². The van der Waals surface area contributed by atoms with Gasteiger partial charge in [-0.2, -0.15) is 4.68 Å². The third-order valence-corrected chi connectivity index (χ3v) is 3.33. The number of hydrogen-bond acceptors (Lipinski definition) is 5. The van der Waals surface area contributed by atoms with Crippen LogP contribution in [0.5, 0.6) is 0 Å². The van der Waals surface area contributed by atoms with Crippen LogP contribution in [-0.4, -0.2) is 36.5 Å². The van der Waals surface area contributed by atoms with Gasteiger partial charge in [0.05, 0.1) is 0 Å². The van der Waals surface area contributed by atoms with Crippen LogP contribution < -0.4 is 10.9 Å². The largest absolute Gasteiger partial charge is 0.352 e. The molecular weight excluding hydrogens is 334 g/mol. The number of carbonyl (C=O) groups is 1. The molecule has 0 aliphatic heterocycles. The predicted molar refractivity (Wildman–Crippen MR) is 84.1 cm³/mol. The zero-order valence-corrected chi connectivity index (χ0v) is 13.4. The number of aromatic nitrogens is 5. The summed E-state index contributed by atoms with van der Waals surface area (Å²) in [5, 5.41) is 10.1. The Morgan fingerprint density at radius 3 is 2.76 bits per heavy atom. The monoisotopic (exact) mass is 348 g/mol. The van der Waals surface area contributed by atoms with Crippen molar-refractivity contribution in [2.24, 2.45) is 0 Å². The minimum absolute atomic E-state index is 0.0102. The van der Waals surface area contributed by atoms with Gasteiger partial charge < -0.3 is 5.32 Å². The molecular formula is C15H14F2N6O2. The smallest absolute Gasteiger partial charge is 0.284 e.